The van der Waals surface area contributed by atoms with Crippen molar-refractivity contribution in [2.45, 2.75) is 26.4 Å². The van der Waals surface area contributed by atoms with Gasteiger partial charge in [0.25, 0.3) is 11.6 Å². The second-order valence-electron chi connectivity index (χ2n) is 7.97. The quantitative estimate of drug-likeness (QED) is 0.663. The molecule has 1 amide bonds. The molecule has 0 aliphatic carbocycles. The standard InChI is InChI=1S/C21H24F3N7O/c1-13-17(14(2)31-20(25-13)27-19(28-31)21(22,23)24)12-18(32)26-15-4-6-16(7-5-15)30-10-8-29(3)9-11-30/h4-7H,8-12H2,1-3H3,(H,26,32). The Morgan fingerprint density at radius 1 is 1.06 bits per heavy atom. The molecule has 32 heavy (non-hydrogen) atoms. The number of nitrogens with one attached hydrogen (secondary N) is 1. The van der Waals surface area contributed by atoms with Crippen LogP contribution in [0.4, 0.5) is 24.5 Å². The molecule has 170 valence electrons. The molecule has 0 unspecified atom stereocenters. The van der Waals surface area contributed by atoms with Gasteiger partial charge in [-0.3, -0.25) is 4.79 Å². The lowest BCUT2D eigenvalue weighted by Crippen LogP contribution is -2.44. The van der Waals surface area contributed by atoms with Crippen molar-refractivity contribution in [2.24, 2.45) is 0 Å². The van der Waals surface area contributed by atoms with Gasteiger partial charge in [-0.25, -0.2) is 9.50 Å². The molecule has 4 rings (SSSR count). The summed E-state index contributed by atoms with van der Waals surface area (Å²) in [6, 6.07) is 7.64. The molecule has 2 aromatic heterocycles. The van der Waals surface area contributed by atoms with E-state index in [-0.39, 0.29) is 18.1 Å². The number of piperazine rings is 1. The fraction of sp³-hybridized carbons (Fsp3) is 0.429. The number of fused-ring (bicyclic) bond motifs is 1. The zero-order chi connectivity index (χ0) is 23.0. The predicted molar refractivity (Wildman–Crippen MR) is 114 cm³/mol. The largest absolute Gasteiger partial charge is 0.453 e. The molecule has 3 aromatic rings. The van der Waals surface area contributed by atoms with Crippen LogP contribution in [0.2, 0.25) is 0 Å². The number of hydrogen-bond acceptors (Lipinski definition) is 6. The topological polar surface area (TPSA) is 78.7 Å². The summed E-state index contributed by atoms with van der Waals surface area (Å²) in [4.78, 5) is 24.8. The summed E-state index contributed by atoms with van der Waals surface area (Å²) in [7, 11) is 2.10. The summed E-state index contributed by atoms with van der Waals surface area (Å²) in [5, 5.41) is 6.35. The molecule has 0 saturated carbocycles. The molecule has 0 atom stereocenters. The van der Waals surface area contributed by atoms with Gasteiger partial charge >= 0.3 is 6.18 Å². The van der Waals surface area contributed by atoms with Crippen molar-refractivity contribution < 1.29 is 18.0 Å². The highest BCUT2D eigenvalue weighted by atomic mass is 19.4. The molecule has 8 nitrogen and oxygen atoms in total. The zero-order valence-electron chi connectivity index (χ0n) is 18.1. The molecule has 0 spiro atoms. The Morgan fingerprint density at radius 2 is 1.72 bits per heavy atom. The van der Waals surface area contributed by atoms with E-state index in [0.717, 1.165) is 36.4 Å². The molecule has 1 fully saturated rings. The van der Waals surface area contributed by atoms with Crippen molar-refractivity contribution in [1.82, 2.24) is 24.5 Å². The minimum absolute atomic E-state index is 0.0397. The molecule has 0 bridgehead atoms. The summed E-state index contributed by atoms with van der Waals surface area (Å²) < 4.78 is 39.9. The van der Waals surface area contributed by atoms with Crippen LogP contribution in [-0.4, -0.2) is 63.6 Å². The maximum Gasteiger partial charge on any atom is 0.453 e. The van der Waals surface area contributed by atoms with Gasteiger partial charge in [-0.05, 0) is 45.2 Å². The van der Waals surface area contributed by atoms with Crippen molar-refractivity contribution in [2.75, 3.05) is 43.4 Å². The lowest BCUT2D eigenvalue weighted by Gasteiger charge is -2.34. The van der Waals surface area contributed by atoms with E-state index in [2.05, 4.69) is 37.2 Å². The van der Waals surface area contributed by atoms with Crippen LogP contribution in [0, 0.1) is 13.8 Å². The molecule has 1 saturated heterocycles. The van der Waals surface area contributed by atoms with Crippen LogP contribution in [0.5, 0.6) is 0 Å². The lowest BCUT2D eigenvalue weighted by atomic mass is 10.1. The van der Waals surface area contributed by atoms with Crippen LogP contribution in [-0.2, 0) is 17.4 Å². The Hall–Kier alpha value is -3.21. The van der Waals surface area contributed by atoms with E-state index < -0.39 is 12.0 Å². The molecular formula is C21H24F3N7O. The van der Waals surface area contributed by atoms with Crippen LogP contribution in [0.3, 0.4) is 0 Å². The highest BCUT2D eigenvalue weighted by Gasteiger charge is 2.37. The van der Waals surface area contributed by atoms with E-state index in [1.807, 2.05) is 24.3 Å². The van der Waals surface area contributed by atoms with Crippen molar-refractivity contribution in [1.29, 1.82) is 0 Å². The van der Waals surface area contributed by atoms with Gasteiger partial charge in [0.15, 0.2) is 0 Å². The summed E-state index contributed by atoms with van der Waals surface area (Å²) in [6.45, 7) is 7.16. The normalized spacial score (nSPS) is 15.4. The molecule has 1 aliphatic rings. The maximum atomic E-state index is 12.9. The Labute approximate surface area is 183 Å². The second-order valence-corrected chi connectivity index (χ2v) is 7.97. The highest BCUT2D eigenvalue weighted by molar-refractivity contribution is 5.92. The first-order valence-electron chi connectivity index (χ1n) is 10.3. The fourth-order valence-corrected chi connectivity index (χ4v) is 3.77. The van der Waals surface area contributed by atoms with Crippen LogP contribution in [0.25, 0.3) is 5.78 Å². The summed E-state index contributed by atoms with van der Waals surface area (Å²) in [6.07, 6.45) is -4.70. The van der Waals surface area contributed by atoms with E-state index in [1.54, 1.807) is 13.8 Å². The van der Waals surface area contributed by atoms with E-state index in [9.17, 15) is 18.0 Å². The zero-order valence-corrected chi connectivity index (χ0v) is 18.1. The Balaban J connectivity index is 1.47. The third kappa shape index (κ3) is 4.52. The van der Waals surface area contributed by atoms with Gasteiger partial charge in [-0.15, -0.1) is 5.10 Å². The molecule has 3 heterocycles. The number of carbonyl (C=O) groups excluding carboxylic acids is 1. The number of halogens is 3. The SMILES string of the molecule is Cc1nc2nc(C(F)(F)F)nn2c(C)c1CC(=O)Nc1ccc(N2CCN(C)CC2)cc1. The van der Waals surface area contributed by atoms with Gasteiger partial charge in [0.05, 0.1) is 6.42 Å². The Kier molecular flexibility index (Phi) is 5.76. The highest BCUT2D eigenvalue weighted by Crippen LogP contribution is 2.27. The number of carbonyl (C=O) groups is 1. The number of benzene rings is 1. The number of rotatable bonds is 4. The average Bonchev–Trinajstić information content (AvgIpc) is 3.17. The van der Waals surface area contributed by atoms with Crippen LogP contribution in [0.1, 0.15) is 22.8 Å². The van der Waals surface area contributed by atoms with Gasteiger partial charge in [0, 0.05) is 54.5 Å². The fourth-order valence-electron chi connectivity index (χ4n) is 3.77. The molecular weight excluding hydrogens is 423 g/mol. The van der Waals surface area contributed by atoms with Gasteiger partial charge in [0.2, 0.25) is 5.91 Å². The van der Waals surface area contributed by atoms with Gasteiger partial charge in [-0.1, -0.05) is 0 Å². The lowest BCUT2D eigenvalue weighted by molar-refractivity contribution is -0.144. The minimum atomic E-state index is -4.66. The van der Waals surface area contributed by atoms with E-state index in [0.29, 0.717) is 22.6 Å². The predicted octanol–water partition coefficient (Wildman–Crippen LogP) is 2.69. The average molecular weight is 447 g/mol. The third-order valence-electron chi connectivity index (χ3n) is 5.66. The number of hydrogen-bond donors (Lipinski definition) is 1. The van der Waals surface area contributed by atoms with Crippen LogP contribution >= 0.6 is 0 Å². The smallest absolute Gasteiger partial charge is 0.369 e. The first-order chi connectivity index (χ1) is 15.1. The first-order valence-corrected chi connectivity index (χ1v) is 10.3. The number of aromatic nitrogens is 4. The molecule has 0 radical (unpaired) electrons. The number of aryl methyl sites for hydroxylation is 2. The minimum Gasteiger partial charge on any atom is -0.369 e. The molecule has 1 N–H and O–H groups in total. The second kappa shape index (κ2) is 8.38. The van der Waals surface area contributed by atoms with Gasteiger partial charge < -0.3 is 15.1 Å². The summed E-state index contributed by atoms with van der Waals surface area (Å²) in [5.41, 5.74) is 3.11. The van der Waals surface area contributed by atoms with E-state index in [1.165, 1.54) is 0 Å². The summed E-state index contributed by atoms with van der Waals surface area (Å²) >= 11 is 0. The monoisotopic (exact) mass is 447 g/mol. The van der Waals surface area contributed by atoms with E-state index >= 15 is 0 Å². The van der Waals surface area contributed by atoms with Crippen LogP contribution < -0.4 is 10.2 Å². The molecule has 1 aliphatic heterocycles. The van der Waals surface area contributed by atoms with Crippen molar-refractivity contribution in [3.63, 3.8) is 0 Å². The van der Waals surface area contributed by atoms with Crippen molar-refractivity contribution in [3.05, 3.63) is 47.0 Å². The maximum absolute atomic E-state index is 12.9. The number of alkyl halides is 3. The van der Waals surface area contributed by atoms with Crippen LogP contribution in [0.15, 0.2) is 24.3 Å². The Bertz CT molecular complexity index is 1130. The number of likely N-dealkylation sites (N-methyl/N-ethyl adjacent to an activating group) is 1. The number of anilines is 2. The Morgan fingerprint density at radius 3 is 2.34 bits per heavy atom. The first kappa shape index (κ1) is 22.0. The molecule has 1 aromatic carbocycles. The number of amides is 1. The number of nitrogens with zero attached hydrogens (tertiary/aromatic N) is 6. The van der Waals surface area contributed by atoms with Gasteiger partial charge in [-0.2, -0.15) is 18.2 Å². The summed E-state index contributed by atoms with van der Waals surface area (Å²) in [5.74, 6) is -1.69. The van der Waals surface area contributed by atoms with Crippen molar-refractivity contribution >= 4 is 23.1 Å². The third-order valence-corrected chi connectivity index (χ3v) is 5.66. The van der Waals surface area contributed by atoms with Gasteiger partial charge in [0.1, 0.15) is 0 Å². The van der Waals surface area contributed by atoms with E-state index in [4.69, 9.17) is 0 Å². The molecule has 11 heteroatoms. The van der Waals surface area contributed by atoms with Crippen molar-refractivity contribution in [3.8, 4) is 0 Å².